The van der Waals surface area contributed by atoms with Gasteiger partial charge >= 0.3 is 0 Å². The van der Waals surface area contributed by atoms with Crippen LogP contribution in [0.3, 0.4) is 0 Å². The molecule has 2 heteroatoms. The molecule has 0 aliphatic carbocycles. The Morgan fingerprint density at radius 3 is 2.80 bits per heavy atom. The maximum absolute atomic E-state index is 9.88. The zero-order valence-corrected chi connectivity index (χ0v) is 10.2. The average Bonchev–Trinajstić information content (AvgIpc) is 2.64. The molecule has 1 atom stereocenters. The molecule has 15 heavy (non-hydrogen) atoms. The van der Waals surface area contributed by atoms with Crippen LogP contribution in [0, 0.1) is 6.92 Å². The van der Waals surface area contributed by atoms with E-state index in [0.717, 1.165) is 24.1 Å². The lowest BCUT2D eigenvalue weighted by Crippen LogP contribution is -1.93. The molecule has 1 nitrogen and oxygen atoms in total. The molecule has 0 fully saturated rings. The third kappa shape index (κ3) is 4.63. The maximum Gasteiger partial charge on any atom is 0.0882 e. The van der Waals surface area contributed by atoms with E-state index in [9.17, 15) is 5.11 Å². The summed E-state index contributed by atoms with van der Waals surface area (Å²) in [6, 6.07) is 4.11. The lowest BCUT2D eigenvalue weighted by atomic mass is 10.1. The molecule has 0 saturated heterocycles. The first-order valence-corrected chi connectivity index (χ1v) is 6.41. The largest absolute Gasteiger partial charge is 0.388 e. The quantitative estimate of drug-likeness (QED) is 0.543. The lowest BCUT2D eigenvalue weighted by molar-refractivity contribution is 0.167. The summed E-state index contributed by atoms with van der Waals surface area (Å²) >= 11 is 1.70. The molecule has 1 N–H and O–H groups in total. The minimum Gasteiger partial charge on any atom is -0.388 e. The number of aliphatic hydroxyl groups is 1. The predicted molar refractivity (Wildman–Crippen MR) is 67.3 cm³/mol. The number of thiophene rings is 1. The van der Waals surface area contributed by atoms with Gasteiger partial charge in [0.2, 0.25) is 0 Å². The Hall–Kier alpha value is -0.600. The van der Waals surface area contributed by atoms with Crippen LogP contribution in [0.25, 0.3) is 0 Å². The Morgan fingerprint density at radius 2 is 2.20 bits per heavy atom. The van der Waals surface area contributed by atoms with E-state index in [1.165, 1.54) is 17.7 Å². The number of aryl methyl sites for hydroxylation is 1. The third-order valence-electron chi connectivity index (χ3n) is 2.48. The van der Waals surface area contributed by atoms with Gasteiger partial charge in [0.15, 0.2) is 0 Å². The summed E-state index contributed by atoms with van der Waals surface area (Å²) in [6.45, 7) is 5.77. The molecular formula is C13H20OS. The van der Waals surface area contributed by atoms with Crippen LogP contribution in [-0.4, -0.2) is 5.11 Å². The molecule has 0 aromatic carbocycles. The number of hydrogen-bond donors (Lipinski definition) is 1. The van der Waals surface area contributed by atoms with Crippen molar-refractivity contribution in [3.8, 4) is 0 Å². The number of unbranched alkanes of at least 4 members (excludes halogenated alkanes) is 3. The summed E-state index contributed by atoms with van der Waals surface area (Å²) in [4.78, 5) is 2.38. The number of hydrogen-bond acceptors (Lipinski definition) is 2. The number of allylic oxidation sites excluding steroid dienone is 1. The molecule has 0 bridgehead atoms. The van der Waals surface area contributed by atoms with Gasteiger partial charge in [-0.3, -0.25) is 0 Å². The van der Waals surface area contributed by atoms with E-state index in [0.29, 0.717) is 0 Å². The third-order valence-corrected chi connectivity index (χ3v) is 3.58. The van der Waals surface area contributed by atoms with Crippen LogP contribution >= 0.6 is 11.3 Å². The van der Waals surface area contributed by atoms with Crippen molar-refractivity contribution >= 4 is 11.3 Å². The predicted octanol–water partition coefficient (Wildman–Crippen LogP) is 4.23. The minimum atomic E-state index is -0.257. The first kappa shape index (κ1) is 12.5. The summed E-state index contributed by atoms with van der Waals surface area (Å²) in [6.07, 6.45) is 7.16. The van der Waals surface area contributed by atoms with Crippen LogP contribution in [0.1, 0.15) is 48.0 Å². The van der Waals surface area contributed by atoms with Gasteiger partial charge in [-0.2, -0.15) is 0 Å². The molecule has 1 aromatic heterocycles. The first-order valence-electron chi connectivity index (χ1n) is 5.59. The molecule has 0 radical (unpaired) electrons. The average molecular weight is 224 g/mol. The molecule has 0 aliphatic rings. The molecule has 1 unspecified atom stereocenters. The Labute approximate surface area is 96.5 Å². The van der Waals surface area contributed by atoms with Crippen molar-refractivity contribution < 1.29 is 5.11 Å². The van der Waals surface area contributed by atoms with Crippen LogP contribution in [0.2, 0.25) is 0 Å². The van der Waals surface area contributed by atoms with Gasteiger partial charge in [-0.15, -0.1) is 17.9 Å². The molecule has 0 amide bonds. The topological polar surface area (TPSA) is 20.2 Å². The summed E-state index contributed by atoms with van der Waals surface area (Å²) < 4.78 is 0. The van der Waals surface area contributed by atoms with Gasteiger partial charge in [-0.1, -0.05) is 18.9 Å². The van der Waals surface area contributed by atoms with E-state index in [-0.39, 0.29) is 6.10 Å². The maximum atomic E-state index is 9.88. The van der Waals surface area contributed by atoms with E-state index in [2.05, 4.69) is 19.6 Å². The van der Waals surface area contributed by atoms with Gasteiger partial charge < -0.3 is 5.11 Å². The Bertz CT molecular complexity index is 290. The van der Waals surface area contributed by atoms with Crippen LogP contribution in [-0.2, 0) is 0 Å². The fourth-order valence-electron chi connectivity index (χ4n) is 1.58. The van der Waals surface area contributed by atoms with Crippen molar-refractivity contribution in [1.82, 2.24) is 0 Å². The molecule has 1 heterocycles. The SMILES string of the molecule is C=CCCCCCC(O)c1ccc(C)s1. The van der Waals surface area contributed by atoms with E-state index < -0.39 is 0 Å². The van der Waals surface area contributed by atoms with Gasteiger partial charge in [-0.05, 0) is 38.3 Å². The monoisotopic (exact) mass is 224 g/mol. The molecule has 1 rings (SSSR count). The van der Waals surface area contributed by atoms with Gasteiger partial charge in [0.05, 0.1) is 6.10 Å². The molecular weight excluding hydrogens is 204 g/mol. The number of aliphatic hydroxyl groups excluding tert-OH is 1. The van der Waals surface area contributed by atoms with Gasteiger partial charge in [0.25, 0.3) is 0 Å². The summed E-state index contributed by atoms with van der Waals surface area (Å²) in [5, 5.41) is 9.88. The second kappa shape index (κ2) is 6.81. The smallest absolute Gasteiger partial charge is 0.0882 e. The molecule has 0 aliphatic heterocycles. The van der Waals surface area contributed by atoms with Crippen LogP contribution in [0.5, 0.6) is 0 Å². The van der Waals surface area contributed by atoms with Crippen LogP contribution in [0.4, 0.5) is 0 Å². The highest BCUT2D eigenvalue weighted by Crippen LogP contribution is 2.26. The Kier molecular flexibility index (Phi) is 5.66. The van der Waals surface area contributed by atoms with E-state index in [1.54, 1.807) is 11.3 Å². The van der Waals surface area contributed by atoms with E-state index in [1.807, 2.05) is 12.1 Å². The Balaban J connectivity index is 2.18. The van der Waals surface area contributed by atoms with Crippen molar-refractivity contribution in [2.45, 2.75) is 45.1 Å². The van der Waals surface area contributed by atoms with E-state index >= 15 is 0 Å². The van der Waals surface area contributed by atoms with E-state index in [4.69, 9.17) is 0 Å². The van der Waals surface area contributed by atoms with Crippen molar-refractivity contribution in [2.75, 3.05) is 0 Å². The lowest BCUT2D eigenvalue weighted by Gasteiger charge is -2.07. The summed E-state index contributed by atoms with van der Waals surface area (Å²) in [5.41, 5.74) is 0. The number of rotatable bonds is 7. The summed E-state index contributed by atoms with van der Waals surface area (Å²) in [5.74, 6) is 0. The normalized spacial score (nSPS) is 12.7. The fraction of sp³-hybridized carbons (Fsp3) is 0.538. The van der Waals surface area contributed by atoms with Gasteiger partial charge in [0.1, 0.15) is 0 Å². The van der Waals surface area contributed by atoms with Crippen molar-refractivity contribution in [3.05, 3.63) is 34.5 Å². The van der Waals surface area contributed by atoms with Crippen molar-refractivity contribution in [2.24, 2.45) is 0 Å². The van der Waals surface area contributed by atoms with Crippen molar-refractivity contribution in [1.29, 1.82) is 0 Å². The zero-order chi connectivity index (χ0) is 11.1. The zero-order valence-electron chi connectivity index (χ0n) is 9.41. The minimum absolute atomic E-state index is 0.257. The highest BCUT2D eigenvalue weighted by atomic mass is 32.1. The second-order valence-electron chi connectivity index (χ2n) is 3.89. The van der Waals surface area contributed by atoms with Crippen molar-refractivity contribution in [3.63, 3.8) is 0 Å². The van der Waals surface area contributed by atoms with Crippen LogP contribution in [0.15, 0.2) is 24.8 Å². The Morgan fingerprint density at radius 1 is 1.40 bits per heavy atom. The highest BCUT2D eigenvalue weighted by Gasteiger charge is 2.08. The first-order chi connectivity index (χ1) is 7.24. The highest BCUT2D eigenvalue weighted by molar-refractivity contribution is 7.11. The standard InChI is InChI=1S/C13H20OS/c1-3-4-5-6-7-8-12(14)13-10-9-11(2)15-13/h3,9-10,12,14H,1,4-8H2,2H3. The molecule has 84 valence electrons. The van der Waals surface area contributed by atoms with Gasteiger partial charge in [0, 0.05) is 9.75 Å². The summed E-state index contributed by atoms with van der Waals surface area (Å²) in [7, 11) is 0. The van der Waals surface area contributed by atoms with Crippen LogP contribution < -0.4 is 0 Å². The fourth-order valence-corrected chi connectivity index (χ4v) is 2.48. The molecule has 1 aromatic rings. The molecule has 0 saturated carbocycles. The van der Waals surface area contributed by atoms with Gasteiger partial charge in [-0.25, -0.2) is 0 Å². The second-order valence-corrected chi connectivity index (χ2v) is 5.21. The molecule has 0 spiro atoms.